The Morgan fingerprint density at radius 3 is 2.42 bits per heavy atom. The van der Waals surface area contributed by atoms with Crippen molar-refractivity contribution in [1.82, 2.24) is 10.6 Å². The molecule has 2 heterocycles. The van der Waals surface area contributed by atoms with Gasteiger partial charge in [0, 0.05) is 0 Å². The highest BCUT2D eigenvalue weighted by molar-refractivity contribution is 7.46. The molecule has 194 valence electrons. The minimum Gasteiger partial charge on any atom is -0.388 e. The number of nitrogens with one attached hydrogen (secondary N) is 2. The summed E-state index contributed by atoms with van der Waals surface area (Å²) in [6.45, 7) is 8.61. The van der Waals surface area contributed by atoms with Crippen LogP contribution in [0.5, 0.6) is 0 Å². The minimum atomic E-state index is -4.90. The van der Waals surface area contributed by atoms with Crippen molar-refractivity contribution in [3.63, 3.8) is 0 Å². The molecule has 6 N–H and O–H groups in total. The van der Waals surface area contributed by atoms with E-state index in [0.717, 1.165) is 32.2 Å². The SMILES string of the molecule is CCCCC[C@H]1CN[C@H](C(=O)N[C@H](C(C)C)[C@H]2O[C@H](CCC)[C@H](OP(=O)(O)O)[C@@H](O)[C@H]2O)C1. The van der Waals surface area contributed by atoms with Gasteiger partial charge in [0.25, 0.3) is 0 Å². The molecule has 10 nitrogen and oxygen atoms in total. The van der Waals surface area contributed by atoms with Crippen molar-refractivity contribution in [1.29, 1.82) is 0 Å². The van der Waals surface area contributed by atoms with Crippen LogP contribution in [0.15, 0.2) is 0 Å². The van der Waals surface area contributed by atoms with Crippen LogP contribution in [0.3, 0.4) is 0 Å². The third kappa shape index (κ3) is 8.25. The van der Waals surface area contributed by atoms with Gasteiger partial charge in [0.15, 0.2) is 0 Å². The first-order valence-corrected chi connectivity index (χ1v) is 13.8. The molecule has 11 heteroatoms. The summed E-state index contributed by atoms with van der Waals surface area (Å²) in [6, 6.07) is -0.917. The zero-order valence-corrected chi connectivity index (χ0v) is 21.1. The molecular formula is C22H43N2O8P. The van der Waals surface area contributed by atoms with Crippen molar-refractivity contribution >= 4 is 13.7 Å². The number of carbonyl (C=O) groups is 1. The average molecular weight is 495 g/mol. The topological polar surface area (TPSA) is 158 Å². The molecule has 2 aliphatic rings. The maximum atomic E-state index is 13.0. The molecule has 33 heavy (non-hydrogen) atoms. The molecule has 0 aromatic heterocycles. The Balaban J connectivity index is 2.08. The normalized spacial score (nSPS) is 33.9. The van der Waals surface area contributed by atoms with E-state index >= 15 is 0 Å². The average Bonchev–Trinajstić information content (AvgIpc) is 3.20. The van der Waals surface area contributed by atoms with Crippen molar-refractivity contribution in [2.45, 2.75) is 115 Å². The number of phosphoric ester groups is 1. The monoisotopic (exact) mass is 494 g/mol. The smallest absolute Gasteiger partial charge is 0.388 e. The lowest BCUT2D eigenvalue weighted by atomic mass is 9.85. The van der Waals surface area contributed by atoms with Crippen LogP contribution in [0.25, 0.3) is 0 Å². The molecule has 2 fully saturated rings. The van der Waals surface area contributed by atoms with Gasteiger partial charge in [-0.1, -0.05) is 53.4 Å². The van der Waals surface area contributed by atoms with E-state index in [4.69, 9.17) is 9.26 Å². The lowest BCUT2D eigenvalue weighted by Crippen LogP contribution is -2.65. The Kier molecular flexibility index (Phi) is 11.2. The van der Waals surface area contributed by atoms with E-state index in [1.165, 1.54) is 6.42 Å². The van der Waals surface area contributed by atoms with Crippen LogP contribution in [0.4, 0.5) is 0 Å². The van der Waals surface area contributed by atoms with Crippen LogP contribution in [0.2, 0.25) is 0 Å². The van der Waals surface area contributed by atoms with Crippen LogP contribution in [0.1, 0.15) is 72.6 Å². The molecule has 8 atom stereocenters. The quantitative estimate of drug-likeness (QED) is 0.174. The molecule has 0 saturated carbocycles. The van der Waals surface area contributed by atoms with Crippen LogP contribution >= 0.6 is 7.82 Å². The van der Waals surface area contributed by atoms with E-state index in [9.17, 15) is 29.4 Å². The fourth-order valence-corrected chi connectivity index (χ4v) is 5.45. The van der Waals surface area contributed by atoms with E-state index < -0.39 is 44.4 Å². The van der Waals surface area contributed by atoms with Crippen LogP contribution < -0.4 is 10.6 Å². The second kappa shape index (κ2) is 12.9. The molecule has 0 spiro atoms. The van der Waals surface area contributed by atoms with E-state index in [2.05, 4.69) is 17.6 Å². The molecule has 2 saturated heterocycles. The summed E-state index contributed by atoms with van der Waals surface area (Å²) in [7, 11) is -4.90. The van der Waals surface area contributed by atoms with Crippen molar-refractivity contribution in [3.05, 3.63) is 0 Å². The van der Waals surface area contributed by atoms with Crippen LogP contribution in [-0.2, 0) is 18.6 Å². The highest BCUT2D eigenvalue weighted by Crippen LogP contribution is 2.42. The molecular weight excluding hydrogens is 451 g/mol. The van der Waals surface area contributed by atoms with Gasteiger partial charge in [0.1, 0.15) is 24.4 Å². The summed E-state index contributed by atoms with van der Waals surface area (Å²) in [5, 5.41) is 27.7. The molecule has 0 radical (unpaired) electrons. The third-order valence-electron chi connectivity index (χ3n) is 6.69. The number of hydrogen-bond donors (Lipinski definition) is 6. The largest absolute Gasteiger partial charge is 0.470 e. The molecule has 0 unspecified atom stereocenters. The zero-order chi connectivity index (χ0) is 24.8. The van der Waals surface area contributed by atoms with Gasteiger partial charge in [0.2, 0.25) is 5.91 Å². The van der Waals surface area contributed by atoms with Gasteiger partial charge in [-0.3, -0.25) is 9.32 Å². The number of aliphatic hydroxyl groups excluding tert-OH is 2. The number of rotatable bonds is 12. The van der Waals surface area contributed by atoms with E-state index in [0.29, 0.717) is 18.8 Å². The number of unbranched alkanes of at least 4 members (excludes halogenated alkanes) is 2. The van der Waals surface area contributed by atoms with Gasteiger partial charge >= 0.3 is 7.82 Å². The van der Waals surface area contributed by atoms with E-state index in [-0.39, 0.29) is 17.9 Å². The summed E-state index contributed by atoms with van der Waals surface area (Å²) in [6.07, 6.45) is 0.127. The highest BCUT2D eigenvalue weighted by atomic mass is 31.2. The van der Waals surface area contributed by atoms with Crippen LogP contribution in [-0.4, -0.2) is 75.1 Å². The number of ether oxygens (including phenoxy) is 1. The van der Waals surface area contributed by atoms with Crippen LogP contribution in [0, 0.1) is 11.8 Å². The first kappa shape index (κ1) is 28.7. The number of hydrogen-bond acceptors (Lipinski definition) is 7. The second-order valence-corrected chi connectivity index (χ2v) is 11.0. The molecule has 0 bridgehead atoms. The summed E-state index contributed by atoms with van der Waals surface area (Å²) in [4.78, 5) is 31.5. The fraction of sp³-hybridized carbons (Fsp3) is 0.955. The predicted octanol–water partition coefficient (Wildman–Crippen LogP) is 1.45. The Hall–Kier alpha value is -0.580. The predicted molar refractivity (Wildman–Crippen MR) is 123 cm³/mol. The highest BCUT2D eigenvalue weighted by Gasteiger charge is 2.50. The molecule has 1 amide bonds. The lowest BCUT2D eigenvalue weighted by molar-refractivity contribution is -0.228. The van der Waals surface area contributed by atoms with E-state index in [1.54, 1.807) is 0 Å². The summed E-state index contributed by atoms with van der Waals surface area (Å²) in [5.74, 6) is 0.171. The van der Waals surface area contributed by atoms with Crippen molar-refractivity contribution < 1.29 is 38.6 Å². The Labute approximate surface area is 197 Å². The van der Waals surface area contributed by atoms with Gasteiger partial charge in [-0.25, -0.2) is 4.57 Å². The Bertz CT molecular complexity index is 660. The number of amides is 1. The van der Waals surface area contributed by atoms with Crippen molar-refractivity contribution in [2.24, 2.45) is 11.8 Å². The summed E-state index contributed by atoms with van der Waals surface area (Å²) in [5.41, 5.74) is 0. The van der Waals surface area contributed by atoms with Gasteiger partial charge in [-0.2, -0.15) is 0 Å². The maximum Gasteiger partial charge on any atom is 0.470 e. The first-order chi connectivity index (χ1) is 15.5. The first-order valence-electron chi connectivity index (χ1n) is 12.3. The van der Waals surface area contributed by atoms with Gasteiger partial charge in [0.05, 0.1) is 18.2 Å². The number of phosphoric acid groups is 1. The van der Waals surface area contributed by atoms with Gasteiger partial charge in [-0.15, -0.1) is 0 Å². The minimum absolute atomic E-state index is 0.121. The maximum absolute atomic E-state index is 13.0. The fourth-order valence-electron chi connectivity index (χ4n) is 4.88. The third-order valence-corrected chi connectivity index (χ3v) is 7.21. The van der Waals surface area contributed by atoms with Crippen molar-refractivity contribution in [3.8, 4) is 0 Å². The Morgan fingerprint density at radius 2 is 1.85 bits per heavy atom. The zero-order valence-electron chi connectivity index (χ0n) is 20.2. The lowest BCUT2D eigenvalue weighted by Gasteiger charge is -2.46. The molecule has 0 aromatic rings. The Morgan fingerprint density at radius 1 is 1.15 bits per heavy atom. The second-order valence-electron chi connectivity index (χ2n) is 9.81. The molecule has 0 aliphatic carbocycles. The molecule has 2 aliphatic heterocycles. The standard InChI is InChI=1S/C22H43N2O8P/c1-5-7-8-10-14-11-15(23-12-14)22(27)24-17(13(3)4)21-19(26)18(25)20(32-33(28,29)30)16(31-21)9-6-2/h13-21,23,25-26H,5-12H2,1-4H3,(H,24,27)(H2,28,29,30)/t14-,15+,16-,17-,18+,19-,20+,21-/m1/s1. The van der Waals surface area contributed by atoms with Gasteiger partial charge in [-0.05, 0) is 37.6 Å². The molecule has 2 rings (SSSR count). The number of aliphatic hydroxyl groups is 2. The summed E-state index contributed by atoms with van der Waals surface area (Å²) < 4.78 is 22.2. The van der Waals surface area contributed by atoms with Crippen molar-refractivity contribution in [2.75, 3.05) is 6.54 Å². The summed E-state index contributed by atoms with van der Waals surface area (Å²) >= 11 is 0. The molecule has 0 aromatic carbocycles. The van der Waals surface area contributed by atoms with Gasteiger partial charge < -0.3 is 35.4 Å². The van der Waals surface area contributed by atoms with E-state index in [1.807, 2.05) is 20.8 Å². The number of carbonyl (C=O) groups excluding carboxylic acids is 1.